The Morgan fingerprint density at radius 2 is 1.92 bits per heavy atom. The quantitative estimate of drug-likeness (QED) is 0.680. The second kappa shape index (κ2) is 7.54. The molecular formula is C19H15ClF2N4. The summed E-state index contributed by atoms with van der Waals surface area (Å²) < 4.78 is 27.3. The van der Waals surface area contributed by atoms with Gasteiger partial charge in [0.25, 0.3) is 0 Å². The van der Waals surface area contributed by atoms with E-state index in [1.54, 1.807) is 6.07 Å². The Kier molecular flexibility index (Phi) is 5.19. The number of nitrogens with zero attached hydrogens (tertiary/aromatic N) is 2. The molecule has 3 rings (SSSR count). The minimum atomic E-state index is -0.606. The third-order valence-electron chi connectivity index (χ3n) is 4.02. The Balaban J connectivity index is 1.77. The molecule has 2 aromatic carbocycles. The molecule has 0 radical (unpaired) electrons. The van der Waals surface area contributed by atoms with Gasteiger partial charge in [-0.05, 0) is 42.3 Å². The van der Waals surface area contributed by atoms with Crippen LogP contribution in [0, 0.1) is 29.9 Å². The van der Waals surface area contributed by atoms with Crippen LogP contribution in [0.25, 0.3) is 0 Å². The average Bonchev–Trinajstić information content (AvgIpc) is 2.99. The zero-order valence-electron chi connectivity index (χ0n) is 13.9. The first-order valence-electron chi connectivity index (χ1n) is 7.88. The van der Waals surface area contributed by atoms with Crippen LogP contribution >= 0.6 is 11.6 Å². The fourth-order valence-electron chi connectivity index (χ4n) is 2.59. The summed E-state index contributed by atoms with van der Waals surface area (Å²) in [5, 5.41) is 19.9. The molecule has 3 aromatic rings. The van der Waals surface area contributed by atoms with Crippen molar-refractivity contribution < 1.29 is 8.78 Å². The summed E-state index contributed by atoms with van der Waals surface area (Å²) >= 11 is 5.98. The van der Waals surface area contributed by atoms with E-state index in [-0.39, 0.29) is 12.1 Å². The van der Waals surface area contributed by atoms with Crippen LogP contribution in [0.1, 0.15) is 27.9 Å². The van der Waals surface area contributed by atoms with E-state index in [1.807, 2.05) is 18.2 Å². The Hall–Kier alpha value is -2.91. The molecule has 7 heteroatoms. The lowest BCUT2D eigenvalue weighted by atomic mass is 10.1. The Morgan fingerprint density at radius 1 is 1.19 bits per heavy atom. The van der Waals surface area contributed by atoms with Crippen molar-refractivity contribution >= 4 is 17.4 Å². The number of hydrogen-bond acceptors (Lipinski definition) is 3. The fraction of sp³-hybridized carbons (Fsp3) is 0.158. The van der Waals surface area contributed by atoms with Gasteiger partial charge in [0.1, 0.15) is 23.3 Å². The third-order valence-corrected chi connectivity index (χ3v) is 4.26. The molecule has 0 aliphatic heterocycles. The molecule has 0 amide bonds. The number of rotatable bonds is 5. The van der Waals surface area contributed by atoms with Crippen LogP contribution in [0.3, 0.4) is 0 Å². The van der Waals surface area contributed by atoms with Gasteiger partial charge in [0, 0.05) is 23.6 Å². The summed E-state index contributed by atoms with van der Waals surface area (Å²) in [5.41, 5.74) is 2.34. The first-order chi connectivity index (χ1) is 12.5. The minimum Gasteiger partial charge on any atom is -0.363 e. The van der Waals surface area contributed by atoms with Crippen molar-refractivity contribution in [3.63, 3.8) is 0 Å². The lowest BCUT2D eigenvalue weighted by Gasteiger charge is -2.06. The molecule has 0 aliphatic rings. The van der Waals surface area contributed by atoms with E-state index >= 15 is 0 Å². The summed E-state index contributed by atoms with van der Waals surface area (Å²) in [6.45, 7) is 1.52. The van der Waals surface area contributed by atoms with Crippen LogP contribution in [0.5, 0.6) is 0 Å². The molecule has 0 unspecified atom stereocenters. The molecule has 132 valence electrons. The lowest BCUT2D eigenvalue weighted by molar-refractivity contribution is 0.565. The van der Waals surface area contributed by atoms with Gasteiger partial charge < -0.3 is 5.32 Å². The summed E-state index contributed by atoms with van der Waals surface area (Å²) in [6.07, 6.45) is 0.464. The number of aromatic nitrogens is 2. The molecule has 2 N–H and O–H groups in total. The Bertz CT molecular complexity index is 968. The molecule has 1 aromatic heterocycles. The first-order valence-corrected chi connectivity index (χ1v) is 8.26. The van der Waals surface area contributed by atoms with E-state index in [2.05, 4.69) is 21.6 Å². The van der Waals surface area contributed by atoms with Crippen LogP contribution in [-0.4, -0.2) is 10.2 Å². The van der Waals surface area contributed by atoms with Crippen molar-refractivity contribution in [1.82, 2.24) is 10.2 Å². The van der Waals surface area contributed by atoms with Crippen molar-refractivity contribution in [3.05, 3.63) is 81.0 Å². The van der Waals surface area contributed by atoms with Crippen LogP contribution in [0.15, 0.2) is 36.4 Å². The topological polar surface area (TPSA) is 64.5 Å². The average molecular weight is 373 g/mol. The maximum Gasteiger partial charge on any atom is 0.166 e. The van der Waals surface area contributed by atoms with Gasteiger partial charge in [-0.2, -0.15) is 10.4 Å². The first kappa shape index (κ1) is 17.9. The summed E-state index contributed by atoms with van der Waals surface area (Å²) in [7, 11) is 0. The molecule has 4 nitrogen and oxygen atoms in total. The lowest BCUT2D eigenvalue weighted by Crippen LogP contribution is -2.03. The van der Waals surface area contributed by atoms with E-state index in [1.165, 1.54) is 19.1 Å². The van der Waals surface area contributed by atoms with Gasteiger partial charge in [0.15, 0.2) is 5.82 Å². The van der Waals surface area contributed by atoms with Crippen LogP contribution in [-0.2, 0) is 13.0 Å². The summed E-state index contributed by atoms with van der Waals surface area (Å²) in [5.74, 6) is -0.872. The zero-order valence-corrected chi connectivity index (χ0v) is 14.7. The molecule has 0 fully saturated rings. The van der Waals surface area contributed by atoms with Gasteiger partial charge in [0.05, 0.1) is 5.69 Å². The second-order valence-corrected chi connectivity index (χ2v) is 6.32. The van der Waals surface area contributed by atoms with Crippen molar-refractivity contribution in [2.45, 2.75) is 19.9 Å². The maximum absolute atomic E-state index is 13.6. The van der Waals surface area contributed by atoms with Gasteiger partial charge in [-0.1, -0.05) is 23.7 Å². The van der Waals surface area contributed by atoms with Crippen LogP contribution in [0.4, 0.5) is 14.6 Å². The Morgan fingerprint density at radius 3 is 2.58 bits per heavy atom. The number of nitrogens with one attached hydrogen (secondary N) is 2. The molecule has 0 saturated heterocycles. The largest absolute Gasteiger partial charge is 0.363 e. The fourth-order valence-corrected chi connectivity index (χ4v) is 2.80. The standard InChI is InChI=1S/C19H15ClF2N4/c1-11-16(21)6-13(7-17(11)22)10-24-19-15(9-23)18(25-26-19)8-12-3-2-4-14(20)5-12/h2-7H,8,10H2,1H3,(H2,24,25,26). The number of aromatic amines is 1. The van der Waals surface area contributed by atoms with E-state index in [0.717, 1.165) is 5.56 Å². The highest BCUT2D eigenvalue weighted by Crippen LogP contribution is 2.21. The Labute approximate surface area is 154 Å². The smallest absolute Gasteiger partial charge is 0.166 e. The van der Waals surface area contributed by atoms with Gasteiger partial charge in [0.2, 0.25) is 0 Å². The van der Waals surface area contributed by atoms with Crippen molar-refractivity contribution in [3.8, 4) is 6.07 Å². The third kappa shape index (κ3) is 3.84. The second-order valence-electron chi connectivity index (χ2n) is 5.88. The molecule has 0 atom stereocenters. The molecule has 0 aliphatic carbocycles. The zero-order chi connectivity index (χ0) is 18.7. The summed E-state index contributed by atoms with van der Waals surface area (Å²) in [4.78, 5) is 0. The van der Waals surface area contributed by atoms with Crippen LogP contribution < -0.4 is 5.32 Å². The van der Waals surface area contributed by atoms with E-state index in [0.29, 0.717) is 34.1 Å². The highest BCUT2D eigenvalue weighted by Gasteiger charge is 2.14. The monoisotopic (exact) mass is 372 g/mol. The maximum atomic E-state index is 13.6. The molecule has 1 heterocycles. The minimum absolute atomic E-state index is 0.0185. The molecule has 0 saturated carbocycles. The predicted octanol–water partition coefficient (Wildman–Crippen LogP) is 4.72. The molecular weight excluding hydrogens is 358 g/mol. The van der Waals surface area contributed by atoms with Gasteiger partial charge in [-0.25, -0.2) is 8.78 Å². The summed E-state index contributed by atoms with van der Waals surface area (Å²) in [6, 6.07) is 12.0. The number of hydrogen-bond donors (Lipinski definition) is 2. The van der Waals surface area contributed by atoms with E-state index < -0.39 is 11.6 Å². The van der Waals surface area contributed by atoms with Gasteiger partial charge in [-0.15, -0.1) is 0 Å². The SMILES string of the molecule is Cc1c(F)cc(CNc2n[nH]c(Cc3cccc(Cl)c3)c2C#N)cc1F. The number of anilines is 1. The number of H-pyrrole nitrogens is 1. The molecule has 0 spiro atoms. The molecule has 0 bridgehead atoms. The highest BCUT2D eigenvalue weighted by molar-refractivity contribution is 6.30. The van der Waals surface area contributed by atoms with Gasteiger partial charge >= 0.3 is 0 Å². The van der Waals surface area contributed by atoms with Crippen LogP contribution in [0.2, 0.25) is 5.02 Å². The van der Waals surface area contributed by atoms with E-state index in [9.17, 15) is 14.0 Å². The highest BCUT2D eigenvalue weighted by atomic mass is 35.5. The van der Waals surface area contributed by atoms with Gasteiger partial charge in [-0.3, -0.25) is 5.10 Å². The predicted molar refractivity (Wildman–Crippen MR) is 96.0 cm³/mol. The number of benzene rings is 2. The number of nitriles is 1. The molecule has 26 heavy (non-hydrogen) atoms. The number of halogens is 3. The van der Waals surface area contributed by atoms with Crippen molar-refractivity contribution in [2.24, 2.45) is 0 Å². The van der Waals surface area contributed by atoms with Crippen molar-refractivity contribution in [2.75, 3.05) is 5.32 Å². The van der Waals surface area contributed by atoms with E-state index in [4.69, 9.17) is 11.6 Å². The van der Waals surface area contributed by atoms with Crippen molar-refractivity contribution in [1.29, 1.82) is 5.26 Å². The normalized spacial score (nSPS) is 10.6.